The van der Waals surface area contributed by atoms with Gasteiger partial charge in [-0.15, -0.1) is 0 Å². The average Bonchev–Trinajstić information content (AvgIpc) is 3.08. The van der Waals surface area contributed by atoms with Gasteiger partial charge >= 0.3 is 0 Å². The molecule has 2 N–H and O–H groups in total. The minimum atomic E-state index is -0.888. The van der Waals surface area contributed by atoms with E-state index >= 15 is 0 Å². The van der Waals surface area contributed by atoms with Crippen molar-refractivity contribution in [3.63, 3.8) is 0 Å². The summed E-state index contributed by atoms with van der Waals surface area (Å²) >= 11 is 0. The molecule has 3 aromatic rings. The highest BCUT2D eigenvalue weighted by Crippen LogP contribution is 2.42. The quantitative estimate of drug-likeness (QED) is 0.334. The third kappa shape index (κ3) is 3.95. The third-order valence-corrected chi connectivity index (χ3v) is 5.27. The van der Waals surface area contributed by atoms with Crippen molar-refractivity contribution >= 4 is 23.1 Å². The van der Waals surface area contributed by atoms with Gasteiger partial charge in [0.1, 0.15) is 17.3 Å². The van der Waals surface area contributed by atoms with Gasteiger partial charge in [-0.1, -0.05) is 37.3 Å². The van der Waals surface area contributed by atoms with Gasteiger partial charge in [-0.05, 0) is 60.5 Å². The maximum Gasteiger partial charge on any atom is 0.300 e. The minimum Gasteiger partial charge on any atom is -0.508 e. The highest BCUT2D eigenvalue weighted by molar-refractivity contribution is 6.51. The van der Waals surface area contributed by atoms with Gasteiger partial charge in [-0.3, -0.25) is 14.5 Å². The van der Waals surface area contributed by atoms with Crippen molar-refractivity contribution in [2.45, 2.75) is 19.4 Å². The van der Waals surface area contributed by atoms with E-state index in [0.717, 1.165) is 6.42 Å². The number of aliphatic hydroxyl groups excluding tert-OH is 1. The number of anilines is 1. The number of aliphatic hydroxyl groups is 1. The number of nitrogens with zero attached hydrogens (tertiary/aromatic N) is 1. The summed E-state index contributed by atoms with van der Waals surface area (Å²) < 4.78 is 5.58. The van der Waals surface area contributed by atoms with Crippen molar-refractivity contribution in [2.75, 3.05) is 11.5 Å². The minimum absolute atomic E-state index is 0.00132. The molecular weight excluding hydrogens is 406 g/mol. The molecular formula is C26H23NO5. The molecule has 0 aromatic heterocycles. The average molecular weight is 429 g/mol. The zero-order valence-electron chi connectivity index (χ0n) is 17.6. The molecule has 1 atom stereocenters. The molecule has 6 nitrogen and oxygen atoms in total. The first-order valence-corrected chi connectivity index (χ1v) is 10.4. The van der Waals surface area contributed by atoms with Crippen molar-refractivity contribution in [2.24, 2.45) is 0 Å². The van der Waals surface area contributed by atoms with E-state index in [1.54, 1.807) is 60.7 Å². The second kappa shape index (κ2) is 8.98. The van der Waals surface area contributed by atoms with Gasteiger partial charge in [-0.25, -0.2) is 0 Å². The zero-order valence-corrected chi connectivity index (χ0v) is 17.6. The van der Waals surface area contributed by atoms with Gasteiger partial charge < -0.3 is 14.9 Å². The van der Waals surface area contributed by atoms with Crippen molar-refractivity contribution in [1.29, 1.82) is 0 Å². The van der Waals surface area contributed by atoms with Crippen LogP contribution in [0, 0.1) is 0 Å². The molecule has 1 aliphatic rings. The highest BCUT2D eigenvalue weighted by atomic mass is 16.5. The van der Waals surface area contributed by atoms with Crippen LogP contribution in [0.5, 0.6) is 11.5 Å². The number of para-hydroxylation sites is 1. The lowest BCUT2D eigenvalue weighted by atomic mass is 9.95. The zero-order chi connectivity index (χ0) is 22.7. The predicted octanol–water partition coefficient (Wildman–Crippen LogP) is 4.81. The first kappa shape index (κ1) is 21.2. The van der Waals surface area contributed by atoms with Crippen LogP contribution in [0.2, 0.25) is 0 Å². The fourth-order valence-electron chi connectivity index (χ4n) is 3.78. The van der Waals surface area contributed by atoms with E-state index in [-0.39, 0.29) is 17.1 Å². The van der Waals surface area contributed by atoms with Crippen LogP contribution < -0.4 is 9.64 Å². The predicted molar refractivity (Wildman–Crippen MR) is 122 cm³/mol. The molecule has 0 aliphatic carbocycles. The Balaban J connectivity index is 1.85. The van der Waals surface area contributed by atoms with Crippen molar-refractivity contribution < 1.29 is 24.5 Å². The Bertz CT molecular complexity index is 1170. The number of carbonyl (C=O) groups is 2. The second-order valence-corrected chi connectivity index (χ2v) is 7.47. The van der Waals surface area contributed by atoms with E-state index in [1.807, 2.05) is 13.0 Å². The van der Waals surface area contributed by atoms with Crippen molar-refractivity contribution in [3.8, 4) is 11.5 Å². The Kier molecular flexibility index (Phi) is 5.94. The number of phenolic OH excluding ortho intramolecular Hbond substituents is 1. The van der Waals surface area contributed by atoms with Crippen molar-refractivity contribution in [1.82, 2.24) is 0 Å². The van der Waals surface area contributed by atoms with E-state index in [4.69, 9.17) is 4.74 Å². The molecule has 1 heterocycles. The molecule has 1 fully saturated rings. The Morgan fingerprint density at radius 1 is 0.969 bits per heavy atom. The number of phenols is 1. The van der Waals surface area contributed by atoms with Gasteiger partial charge in [0.25, 0.3) is 11.7 Å². The summed E-state index contributed by atoms with van der Waals surface area (Å²) in [6.45, 7) is 2.58. The van der Waals surface area contributed by atoms with E-state index in [9.17, 15) is 19.8 Å². The number of carbonyl (C=O) groups excluding carboxylic acids is 2. The van der Waals surface area contributed by atoms with E-state index in [0.29, 0.717) is 29.2 Å². The first-order valence-electron chi connectivity index (χ1n) is 10.4. The molecule has 4 rings (SSSR count). The summed E-state index contributed by atoms with van der Waals surface area (Å²) in [4.78, 5) is 27.5. The van der Waals surface area contributed by atoms with Gasteiger partial charge in [-0.2, -0.15) is 0 Å². The standard InChI is InChI=1S/C26H23NO5/c1-2-15-32-21-13-11-17(12-14-21)24(29)22-23(18-7-6-10-20(28)16-18)27(26(31)25(22)30)19-8-4-3-5-9-19/h3-14,16,23,28-29H,2,15H2,1H3/b24-22-. The van der Waals surface area contributed by atoms with Crippen molar-refractivity contribution in [3.05, 3.63) is 95.6 Å². The summed E-state index contributed by atoms with van der Waals surface area (Å²) in [5.74, 6) is -1.16. The van der Waals surface area contributed by atoms with Crippen LogP contribution in [-0.2, 0) is 9.59 Å². The molecule has 3 aromatic carbocycles. The Labute approximate surface area is 186 Å². The number of aromatic hydroxyl groups is 1. The maximum atomic E-state index is 13.1. The fourth-order valence-corrected chi connectivity index (χ4v) is 3.78. The fraction of sp³-hybridized carbons (Fsp3) is 0.154. The number of Topliss-reactive ketones (excluding diaryl/α,β-unsaturated/α-hetero) is 1. The van der Waals surface area contributed by atoms with Crippen LogP contribution >= 0.6 is 0 Å². The number of ketones is 1. The molecule has 32 heavy (non-hydrogen) atoms. The molecule has 1 saturated heterocycles. The monoisotopic (exact) mass is 429 g/mol. The number of benzene rings is 3. The largest absolute Gasteiger partial charge is 0.508 e. The normalized spacial score (nSPS) is 17.5. The number of rotatable bonds is 6. The maximum absolute atomic E-state index is 13.1. The molecule has 0 saturated carbocycles. The number of hydrogen-bond acceptors (Lipinski definition) is 5. The number of ether oxygens (including phenoxy) is 1. The van der Waals surface area contributed by atoms with Gasteiger partial charge in [0.05, 0.1) is 18.2 Å². The number of amides is 1. The van der Waals surface area contributed by atoms with Gasteiger partial charge in [0, 0.05) is 11.3 Å². The Morgan fingerprint density at radius 3 is 2.34 bits per heavy atom. The van der Waals surface area contributed by atoms with Crippen LogP contribution in [-0.4, -0.2) is 28.5 Å². The molecule has 162 valence electrons. The highest BCUT2D eigenvalue weighted by Gasteiger charge is 2.47. The van der Waals surface area contributed by atoms with Crippen LogP contribution in [0.15, 0.2) is 84.4 Å². The van der Waals surface area contributed by atoms with E-state index < -0.39 is 17.7 Å². The van der Waals surface area contributed by atoms with E-state index in [2.05, 4.69) is 0 Å². The lowest BCUT2D eigenvalue weighted by Gasteiger charge is -2.25. The molecule has 0 radical (unpaired) electrons. The lowest BCUT2D eigenvalue weighted by molar-refractivity contribution is -0.132. The summed E-state index contributed by atoms with van der Waals surface area (Å²) in [5, 5.41) is 21.1. The summed E-state index contributed by atoms with van der Waals surface area (Å²) in [5.41, 5.74) is 1.39. The van der Waals surface area contributed by atoms with Gasteiger partial charge in [0.2, 0.25) is 0 Å². The molecule has 1 amide bonds. The van der Waals surface area contributed by atoms with Gasteiger partial charge in [0.15, 0.2) is 0 Å². The summed E-state index contributed by atoms with van der Waals surface area (Å²) in [6, 6.07) is 21.0. The summed E-state index contributed by atoms with van der Waals surface area (Å²) in [7, 11) is 0. The second-order valence-electron chi connectivity index (χ2n) is 7.47. The molecule has 6 heteroatoms. The lowest BCUT2D eigenvalue weighted by Crippen LogP contribution is -2.29. The molecule has 1 aliphatic heterocycles. The van der Waals surface area contributed by atoms with Crippen LogP contribution in [0.1, 0.15) is 30.5 Å². The third-order valence-electron chi connectivity index (χ3n) is 5.27. The Hall–Kier alpha value is -4.06. The van der Waals surface area contributed by atoms with Crippen LogP contribution in [0.4, 0.5) is 5.69 Å². The summed E-state index contributed by atoms with van der Waals surface area (Å²) in [6.07, 6.45) is 0.870. The number of hydrogen-bond donors (Lipinski definition) is 2. The molecule has 0 bridgehead atoms. The van der Waals surface area contributed by atoms with E-state index in [1.165, 1.54) is 17.0 Å². The Morgan fingerprint density at radius 2 is 1.69 bits per heavy atom. The smallest absolute Gasteiger partial charge is 0.300 e. The molecule has 1 unspecified atom stereocenters. The first-order chi connectivity index (χ1) is 15.5. The molecule has 0 spiro atoms. The van der Waals surface area contributed by atoms with Crippen LogP contribution in [0.25, 0.3) is 5.76 Å². The topological polar surface area (TPSA) is 87.1 Å². The SMILES string of the molecule is CCCOc1ccc(/C(O)=C2/C(=O)C(=O)N(c3ccccc3)C2c2cccc(O)c2)cc1. The van der Waals surface area contributed by atoms with Crippen LogP contribution in [0.3, 0.4) is 0 Å².